The second-order valence-corrected chi connectivity index (χ2v) is 4.85. The van der Waals surface area contributed by atoms with Gasteiger partial charge in [-0.2, -0.15) is 5.10 Å². The molecule has 5 nitrogen and oxygen atoms in total. The van der Waals surface area contributed by atoms with Crippen LogP contribution in [-0.2, 0) is 11.2 Å². The minimum Gasteiger partial charge on any atom is -0.383 e. The molecule has 0 bridgehead atoms. The van der Waals surface area contributed by atoms with Gasteiger partial charge in [0.05, 0.1) is 29.7 Å². The van der Waals surface area contributed by atoms with Gasteiger partial charge in [0.25, 0.3) is 5.91 Å². The molecule has 0 aliphatic carbocycles. The van der Waals surface area contributed by atoms with Crippen LogP contribution in [0, 0.1) is 6.92 Å². The minimum absolute atomic E-state index is 0.109. The molecule has 0 unspecified atom stereocenters. The smallest absolute Gasteiger partial charge is 0.254 e. The Kier molecular flexibility index (Phi) is 5.11. The molecule has 0 saturated heterocycles. The van der Waals surface area contributed by atoms with Crippen molar-refractivity contribution in [3.8, 4) is 5.69 Å². The van der Waals surface area contributed by atoms with E-state index < -0.39 is 0 Å². The molecule has 1 aromatic carbocycles. The Bertz CT molecular complexity index is 602. The maximum atomic E-state index is 12.2. The number of aromatic nitrogens is 2. The van der Waals surface area contributed by atoms with Crippen molar-refractivity contribution < 1.29 is 9.53 Å². The van der Waals surface area contributed by atoms with Gasteiger partial charge in [0.1, 0.15) is 0 Å². The molecule has 112 valence electrons. The number of amides is 1. The van der Waals surface area contributed by atoms with Crippen LogP contribution in [0.25, 0.3) is 5.69 Å². The number of hydrogen-bond acceptors (Lipinski definition) is 3. The molecule has 1 aromatic heterocycles. The largest absolute Gasteiger partial charge is 0.383 e. The first-order valence-electron chi connectivity index (χ1n) is 7.08. The van der Waals surface area contributed by atoms with E-state index >= 15 is 0 Å². The molecule has 21 heavy (non-hydrogen) atoms. The predicted octanol–water partition coefficient (Wildman–Crippen LogP) is 2.12. The molecule has 2 rings (SSSR count). The molecule has 0 atom stereocenters. The van der Waals surface area contributed by atoms with Crippen molar-refractivity contribution in [1.82, 2.24) is 15.1 Å². The highest BCUT2D eigenvalue weighted by atomic mass is 16.5. The Morgan fingerprint density at radius 1 is 1.33 bits per heavy atom. The van der Waals surface area contributed by atoms with Crippen LogP contribution in [0.3, 0.4) is 0 Å². The zero-order valence-electron chi connectivity index (χ0n) is 12.7. The second-order valence-electron chi connectivity index (χ2n) is 4.85. The lowest BCUT2D eigenvalue weighted by Gasteiger charge is -2.08. The number of ether oxygens (including phenoxy) is 1. The highest BCUT2D eigenvalue weighted by Crippen LogP contribution is 2.16. The summed E-state index contributed by atoms with van der Waals surface area (Å²) in [5.74, 6) is -0.109. The molecule has 0 fully saturated rings. The minimum atomic E-state index is -0.109. The first-order chi connectivity index (χ1) is 10.2. The van der Waals surface area contributed by atoms with Crippen molar-refractivity contribution in [3.05, 3.63) is 47.3 Å². The molecular formula is C16H21N3O2. The summed E-state index contributed by atoms with van der Waals surface area (Å²) < 4.78 is 6.76. The van der Waals surface area contributed by atoms with E-state index in [2.05, 4.69) is 10.4 Å². The van der Waals surface area contributed by atoms with E-state index in [-0.39, 0.29) is 5.91 Å². The molecule has 0 aliphatic heterocycles. The van der Waals surface area contributed by atoms with Crippen LogP contribution in [0.4, 0.5) is 0 Å². The summed E-state index contributed by atoms with van der Waals surface area (Å²) in [4.78, 5) is 12.2. The Balaban J connectivity index is 2.25. The normalized spacial score (nSPS) is 10.6. The highest BCUT2D eigenvalue weighted by Gasteiger charge is 2.16. The van der Waals surface area contributed by atoms with Crippen LogP contribution in [0.5, 0.6) is 0 Å². The lowest BCUT2D eigenvalue weighted by Crippen LogP contribution is -2.27. The monoisotopic (exact) mass is 287 g/mol. The van der Waals surface area contributed by atoms with Gasteiger partial charge in [0.2, 0.25) is 0 Å². The van der Waals surface area contributed by atoms with Crippen LogP contribution in [0.1, 0.15) is 28.5 Å². The molecule has 1 amide bonds. The Labute approximate surface area is 124 Å². The summed E-state index contributed by atoms with van der Waals surface area (Å²) in [6, 6.07) is 8.09. The van der Waals surface area contributed by atoms with Crippen LogP contribution >= 0.6 is 0 Å². The molecule has 2 aromatic rings. The third-order valence-electron chi connectivity index (χ3n) is 3.32. The average Bonchev–Trinajstić information content (AvgIpc) is 2.92. The van der Waals surface area contributed by atoms with Crippen molar-refractivity contribution in [1.29, 1.82) is 0 Å². The van der Waals surface area contributed by atoms with Crippen molar-refractivity contribution in [2.24, 2.45) is 0 Å². The zero-order valence-corrected chi connectivity index (χ0v) is 12.7. The lowest BCUT2D eigenvalue weighted by molar-refractivity contribution is 0.0936. The Morgan fingerprint density at radius 2 is 2.05 bits per heavy atom. The quantitative estimate of drug-likeness (QED) is 0.828. The summed E-state index contributed by atoms with van der Waals surface area (Å²) in [7, 11) is 1.61. The molecule has 0 aliphatic rings. The maximum absolute atomic E-state index is 12.2. The van der Waals surface area contributed by atoms with Crippen molar-refractivity contribution >= 4 is 5.91 Å². The van der Waals surface area contributed by atoms with E-state index in [1.54, 1.807) is 13.3 Å². The molecule has 5 heteroatoms. The van der Waals surface area contributed by atoms with E-state index in [0.29, 0.717) is 18.7 Å². The van der Waals surface area contributed by atoms with E-state index in [9.17, 15) is 4.79 Å². The summed E-state index contributed by atoms with van der Waals surface area (Å²) in [6.45, 7) is 5.06. The summed E-state index contributed by atoms with van der Waals surface area (Å²) in [5, 5.41) is 7.19. The standard InChI is InChI=1S/C16H21N3O2/c1-4-15-14(16(20)17-9-10-21-3)11-18-19(15)13-7-5-12(2)6-8-13/h5-8,11H,4,9-10H2,1-3H3,(H,17,20). The van der Waals surface area contributed by atoms with Gasteiger partial charge in [0.15, 0.2) is 0 Å². The van der Waals surface area contributed by atoms with Gasteiger partial charge in [-0.3, -0.25) is 4.79 Å². The Morgan fingerprint density at radius 3 is 2.67 bits per heavy atom. The molecule has 1 N–H and O–H groups in total. The van der Waals surface area contributed by atoms with Gasteiger partial charge in [-0.25, -0.2) is 4.68 Å². The van der Waals surface area contributed by atoms with Gasteiger partial charge < -0.3 is 10.1 Å². The number of carbonyl (C=O) groups is 1. The van der Waals surface area contributed by atoms with Gasteiger partial charge in [-0.05, 0) is 25.5 Å². The summed E-state index contributed by atoms with van der Waals surface area (Å²) in [6.07, 6.45) is 2.36. The van der Waals surface area contributed by atoms with Crippen LogP contribution in [0.15, 0.2) is 30.5 Å². The third-order valence-corrected chi connectivity index (χ3v) is 3.32. The number of rotatable bonds is 6. The number of carbonyl (C=O) groups excluding carboxylic acids is 1. The SMILES string of the molecule is CCc1c(C(=O)NCCOC)cnn1-c1ccc(C)cc1. The van der Waals surface area contributed by atoms with Crippen LogP contribution < -0.4 is 5.32 Å². The van der Waals surface area contributed by atoms with E-state index in [4.69, 9.17) is 4.74 Å². The predicted molar refractivity (Wildman–Crippen MR) is 81.9 cm³/mol. The molecule has 1 heterocycles. The summed E-state index contributed by atoms with van der Waals surface area (Å²) >= 11 is 0. The molecular weight excluding hydrogens is 266 g/mol. The molecule has 0 radical (unpaired) electrons. The van der Waals surface area contributed by atoms with Crippen LogP contribution in [0.2, 0.25) is 0 Å². The van der Waals surface area contributed by atoms with Gasteiger partial charge >= 0.3 is 0 Å². The number of aryl methyl sites for hydroxylation is 1. The van der Waals surface area contributed by atoms with Crippen molar-refractivity contribution in [3.63, 3.8) is 0 Å². The second kappa shape index (κ2) is 7.04. The fourth-order valence-electron chi connectivity index (χ4n) is 2.17. The highest BCUT2D eigenvalue weighted by molar-refractivity contribution is 5.95. The van der Waals surface area contributed by atoms with Crippen LogP contribution in [-0.4, -0.2) is 35.9 Å². The fourth-order valence-corrected chi connectivity index (χ4v) is 2.17. The van der Waals surface area contributed by atoms with Gasteiger partial charge in [0, 0.05) is 13.7 Å². The number of nitrogens with one attached hydrogen (secondary N) is 1. The number of benzene rings is 1. The number of hydrogen-bond donors (Lipinski definition) is 1. The van der Waals surface area contributed by atoms with Gasteiger partial charge in [-0.15, -0.1) is 0 Å². The van der Waals surface area contributed by atoms with Gasteiger partial charge in [-0.1, -0.05) is 24.6 Å². The first kappa shape index (κ1) is 15.3. The molecule has 0 saturated carbocycles. The van der Waals surface area contributed by atoms with Crippen molar-refractivity contribution in [2.45, 2.75) is 20.3 Å². The Hall–Kier alpha value is -2.14. The zero-order chi connectivity index (χ0) is 15.2. The van der Waals surface area contributed by atoms with E-state index in [1.165, 1.54) is 5.56 Å². The average molecular weight is 287 g/mol. The third kappa shape index (κ3) is 3.49. The fraction of sp³-hybridized carbons (Fsp3) is 0.375. The summed E-state index contributed by atoms with van der Waals surface area (Å²) in [5.41, 5.74) is 3.69. The topological polar surface area (TPSA) is 56.1 Å². The number of nitrogens with zero attached hydrogens (tertiary/aromatic N) is 2. The lowest BCUT2D eigenvalue weighted by atomic mass is 10.1. The maximum Gasteiger partial charge on any atom is 0.254 e. The number of methoxy groups -OCH3 is 1. The van der Waals surface area contributed by atoms with Crippen molar-refractivity contribution in [2.75, 3.05) is 20.3 Å². The first-order valence-corrected chi connectivity index (χ1v) is 7.08. The molecule has 0 spiro atoms. The van der Waals surface area contributed by atoms with E-state index in [1.807, 2.05) is 42.8 Å². The van der Waals surface area contributed by atoms with E-state index in [0.717, 1.165) is 17.8 Å².